The summed E-state index contributed by atoms with van der Waals surface area (Å²) in [7, 11) is 0. The Balaban J connectivity index is 2.10. The lowest BCUT2D eigenvalue weighted by Crippen LogP contribution is -2.07. The molecule has 0 aliphatic carbocycles. The van der Waals surface area contributed by atoms with Crippen LogP contribution in [0.4, 0.5) is 5.95 Å². The maximum Gasteiger partial charge on any atom is 0.203 e. The summed E-state index contributed by atoms with van der Waals surface area (Å²) < 4.78 is 3.17. The van der Waals surface area contributed by atoms with Crippen molar-refractivity contribution in [2.24, 2.45) is 0 Å². The third-order valence-corrected chi connectivity index (χ3v) is 2.91. The Morgan fingerprint density at radius 3 is 2.82 bits per heavy atom. The first-order valence-corrected chi connectivity index (χ1v) is 6.19. The van der Waals surface area contributed by atoms with Crippen LogP contribution < -0.4 is 5.32 Å². The second-order valence-electron chi connectivity index (χ2n) is 3.67. The van der Waals surface area contributed by atoms with E-state index in [1.807, 2.05) is 24.4 Å². The SMILES string of the molecule is C=CCNc1nccn1Cc1ccc(Br)cc1. The van der Waals surface area contributed by atoms with Gasteiger partial charge in [-0.15, -0.1) is 6.58 Å². The zero-order valence-corrected chi connectivity index (χ0v) is 11.0. The van der Waals surface area contributed by atoms with Gasteiger partial charge in [0.15, 0.2) is 0 Å². The van der Waals surface area contributed by atoms with Crippen molar-refractivity contribution >= 4 is 21.9 Å². The van der Waals surface area contributed by atoms with Crippen molar-refractivity contribution in [3.63, 3.8) is 0 Å². The van der Waals surface area contributed by atoms with Crippen LogP contribution in [0.5, 0.6) is 0 Å². The van der Waals surface area contributed by atoms with Gasteiger partial charge in [0.2, 0.25) is 5.95 Å². The molecular formula is C13H14BrN3. The van der Waals surface area contributed by atoms with Crippen LogP contribution in [0.15, 0.2) is 53.8 Å². The summed E-state index contributed by atoms with van der Waals surface area (Å²) >= 11 is 3.43. The number of anilines is 1. The molecule has 0 amide bonds. The van der Waals surface area contributed by atoms with Crippen molar-refractivity contribution in [1.29, 1.82) is 0 Å². The van der Waals surface area contributed by atoms with Gasteiger partial charge < -0.3 is 9.88 Å². The molecule has 0 saturated heterocycles. The van der Waals surface area contributed by atoms with E-state index in [2.05, 4.69) is 49.5 Å². The van der Waals surface area contributed by atoms with Crippen LogP contribution in [-0.2, 0) is 6.54 Å². The number of hydrogen-bond donors (Lipinski definition) is 1. The molecule has 1 aromatic heterocycles. The highest BCUT2D eigenvalue weighted by Gasteiger charge is 2.01. The maximum atomic E-state index is 4.26. The molecular weight excluding hydrogens is 278 g/mol. The van der Waals surface area contributed by atoms with Crippen molar-refractivity contribution in [3.05, 3.63) is 59.4 Å². The Morgan fingerprint density at radius 2 is 2.12 bits per heavy atom. The fraction of sp³-hybridized carbons (Fsp3) is 0.154. The molecule has 17 heavy (non-hydrogen) atoms. The van der Waals surface area contributed by atoms with E-state index in [0.717, 1.165) is 23.5 Å². The summed E-state index contributed by atoms with van der Waals surface area (Å²) in [6.07, 6.45) is 5.58. The summed E-state index contributed by atoms with van der Waals surface area (Å²) in [5, 5.41) is 3.20. The van der Waals surface area contributed by atoms with E-state index >= 15 is 0 Å². The number of hydrogen-bond acceptors (Lipinski definition) is 2. The molecule has 0 fully saturated rings. The van der Waals surface area contributed by atoms with Crippen LogP contribution in [0.25, 0.3) is 0 Å². The molecule has 0 aliphatic rings. The molecule has 0 spiro atoms. The van der Waals surface area contributed by atoms with Crippen molar-refractivity contribution in [2.75, 3.05) is 11.9 Å². The molecule has 1 N–H and O–H groups in total. The Morgan fingerprint density at radius 1 is 1.35 bits per heavy atom. The monoisotopic (exact) mass is 291 g/mol. The lowest BCUT2D eigenvalue weighted by Gasteiger charge is -2.08. The van der Waals surface area contributed by atoms with Gasteiger partial charge in [0.05, 0.1) is 6.54 Å². The first-order valence-electron chi connectivity index (χ1n) is 5.40. The quantitative estimate of drug-likeness (QED) is 0.857. The van der Waals surface area contributed by atoms with E-state index in [4.69, 9.17) is 0 Å². The van der Waals surface area contributed by atoms with Gasteiger partial charge in [-0.1, -0.05) is 34.1 Å². The van der Waals surface area contributed by atoms with Crippen LogP contribution in [0.1, 0.15) is 5.56 Å². The highest BCUT2D eigenvalue weighted by molar-refractivity contribution is 9.10. The molecule has 3 nitrogen and oxygen atoms in total. The van der Waals surface area contributed by atoms with Crippen LogP contribution in [0.2, 0.25) is 0 Å². The lowest BCUT2D eigenvalue weighted by molar-refractivity contribution is 0.802. The van der Waals surface area contributed by atoms with Crippen molar-refractivity contribution in [2.45, 2.75) is 6.54 Å². The fourth-order valence-corrected chi connectivity index (χ4v) is 1.82. The number of benzene rings is 1. The summed E-state index contributed by atoms with van der Waals surface area (Å²) in [5.41, 5.74) is 1.24. The van der Waals surface area contributed by atoms with E-state index in [0.29, 0.717) is 0 Å². The topological polar surface area (TPSA) is 29.9 Å². The molecule has 88 valence electrons. The normalized spacial score (nSPS) is 10.2. The fourth-order valence-electron chi connectivity index (χ4n) is 1.55. The zero-order valence-electron chi connectivity index (χ0n) is 9.44. The average Bonchev–Trinajstić information content (AvgIpc) is 2.77. The second-order valence-corrected chi connectivity index (χ2v) is 4.59. The molecule has 1 aromatic carbocycles. The predicted octanol–water partition coefficient (Wildman–Crippen LogP) is 3.29. The number of halogens is 1. The Hall–Kier alpha value is -1.55. The van der Waals surface area contributed by atoms with Crippen molar-refractivity contribution in [3.8, 4) is 0 Å². The van der Waals surface area contributed by atoms with Crippen molar-refractivity contribution in [1.82, 2.24) is 9.55 Å². The van der Waals surface area contributed by atoms with Gasteiger partial charge in [0.1, 0.15) is 0 Å². The molecule has 0 aliphatic heterocycles. The zero-order chi connectivity index (χ0) is 12.1. The minimum Gasteiger partial charge on any atom is -0.352 e. The molecule has 0 unspecified atom stereocenters. The molecule has 0 radical (unpaired) electrons. The second kappa shape index (κ2) is 5.68. The standard InChI is InChI=1S/C13H14BrN3/c1-2-7-15-13-16-8-9-17(13)10-11-3-5-12(14)6-4-11/h2-6,8-9H,1,7,10H2,(H,15,16). The van der Waals surface area contributed by atoms with Crippen LogP contribution in [0, 0.1) is 0 Å². The van der Waals surface area contributed by atoms with Gasteiger partial charge in [-0.3, -0.25) is 0 Å². The average molecular weight is 292 g/mol. The van der Waals surface area contributed by atoms with Gasteiger partial charge >= 0.3 is 0 Å². The molecule has 1 heterocycles. The van der Waals surface area contributed by atoms with E-state index in [9.17, 15) is 0 Å². The van der Waals surface area contributed by atoms with Crippen LogP contribution in [-0.4, -0.2) is 16.1 Å². The van der Waals surface area contributed by atoms with E-state index < -0.39 is 0 Å². The summed E-state index contributed by atoms with van der Waals surface area (Å²) in [6.45, 7) is 5.21. The Bertz CT molecular complexity index is 488. The van der Waals surface area contributed by atoms with E-state index in [1.165, 1.54) is 5.56 Å². The number of nitrogens with zero attached hydrogens (tertiary/aromatic N) is 2. The predicted molar refractivity (Wildman–Crippen MR) is 74.2 cm³/mol. The lowest BCUT2D eigenvalue weighted by atomic mass is 10.2. The first-order chi connectivity index (χ1) is 8.29. The minimum absolute atomic E-state index is 0.720. The Labute approximate surface area is 109 Å². The van der Waals surface area contributed by atoms with Gasteiger partial charge in [-0.25, -0.2) is 4.98 Å². The molecule has 2 aromatic rings. The van der Waals surface area contributed by atoms with Gasteiger partial charge in [0.25, 0.3) is 0 Å². The van der Waals surface area contributed by atoms with Crippen molar-refractivity contribution < 1.29 is 0 Å². The summed E-state index contributed by atoms with van der Waals surface area (Å²) in [6, 6.07) is 8.29. The third-order valence-electron chi connectivity index (χ3n) is 2.39. The maximum absolute atomic E-state index is 4.26. The summed E-state index contributed by atoms with van der Waals surface area (Å²) in [5.74, 6) is 0.868. The summed E-state index contributed by atoms with van der Waals surface area (Å²) in [4.78, 5) is 4.26. The number of aromatic nitrogens is 2. The minimum atomic E-state index is 0.720. The smallest absolute Gasteiger partial charge is 0.203 e. The molecule has 0 bridgehead atoms. The molecule has 0 atom stereocenters. The largest absolute Gasteiger partial charge is 0.352 e. The van der Waals surface area contributed by atoms with Gasteiger partial charge in [-0.05, 0) is 17.7 Å². The molecule has 4 heteroatoms. The third kappa shape index (κ3) is 3.20. The van der Waals surface area contributed by atoms with E-state index in [-0.39, 0.29) is 0 Å². The van der Waals surface area contributed by atoms with Gasteiger partial charge in [0, 0.05) is 23.4 Å². The Kier molecular flexibility index (Phi) is 3.98. The molecule has 2 rings (SSSR count). The molecule has 0 saturated carbocycles. The van der Waals surface area contributed by atoms with Crippen LogP contribution in [0.3, 0.4) is 0 Å². The number of rotatable bonds is 5. The van der Waals surface area contributed by atoms with Gasteiger partial charge in [-0.2, -0.15) is 0 Å². The van der Waals surface area contributed by atoms with E-state index in [1.54, 1.807) is 6.20 Å². The van der Waals surface area contributed by atoms with Crippen LogP contribution >= 0.6 is 15.9 Å². The number of imidazole rings is 1. The highest BCUT2D eigenvalue weighted by Crippen LogP contribution is 2.13. The highest BCUT2D eigenvalue weighted by atomic mass is 79.9. The number of nitrogens with one attached hydrogen (secondary N) is 1. The first kappa shape index (κ1) is 11.9.